The summed E-state index contributed by atoms with van der Waals surface area (Å²) in [5.74, 6) is -2.73. The SMILES string of the molecule is CC1OCC(=O)C1(C)NC(=O)C(CS(=O)(=O)Cc1ccccc1)NC(=O)c1ccoc1. The molecule has 3 unspecified atom stereocenters. The number of nitrogens with one attached hydrogen (secondary N) is 2. The van der Waals surface area contributed by atoms with Gasteiger partial charge in [-0.2, -0.15) is 0 Å². The molecule has 0 bridgehead atoms. The Labute approximate surface area is 180 Å². The van der Waals surface area contributed by atoms with Crippen molar-refractivity contribution in [2.45, 2.75) is 37.3 Å². The number of furan rings is 1. The van der Waals surface area contributed by atoms with Crippen LogP contribution in [0.2, 0.25) is 0 Å². The summed E-state index contributed by atoms with van der Waals surface area (Å²) in [5.41, 5.74) is -0.625. The fourth-order valence-electron chi connectivity index (χ4n) is 3.22. The monoisotopic (exact) mass is 448 g/mol. The predicted molar refractivity (Wildman–Crippen MR) is 111 cm³/mol. The first kappa shape index (κ1) is 22.7. The molecule has 1 saturated heterocycles. The lowest BCUT2D eigenvalue weighted by Crippen LogP contribution is -2.61. The molecular weight excluding hydrogens is 424 g/mol. The van der Waals surface area contributed by atoms with Gasteiger partial charge in [-0.05, 0) is 25.5 Å². The topological polar surface area (TPSA) is 132 Å². The van der Waals surface area contributed by atoms with Crippen molar-refractivity contribution in [3.8, 4) is 0 Å². The minimum absolute atomic E-state index is 0.137. The lowest BCUT2D eigenvalue weighted by Gasteiger charge is -2.29. The quantitative estimate of drug-likeness (QED) is 0.612. The van der Waals surface area contributed by atoms with Crippen molar-refractivity contribution in [1.82, 2.24) is 10.6 Å². The van der Waals surface area contributed by atoms with Gasteiger partial charge in [0.15, 0.2) is 15.6 Å². The van der Waals surface area contributed by atoms with Gasteiger partial charge in [-0.3, -0.25) is 14.4 Å². The molecule has 9 nitrogen and oxygen atoms in total. The number of hydrogen-bond acceptors (Lipinski definition) is 7. The summed E-state index contributed by atoms with van der Waals surface area (Å²) in [6, 6.07) is 8.48. The van der Waals surface area contributed by atoms with Crippen LogP contribution in [0.3, 0.4) is 0 Å². The van der Waals surface area contributed by atoms with Gasteiger partial charge in [-0.15, -0.1) is 0 Å². The second kappa shape index (κ2) is 9.03. The third kappa shape index (κ3) is 5.39. The zero-order valence-electron chi connectivity index (χ0n) is 17.2. The van der Waals surface area contributed by atoms with Crippen molar-refractivity contribution in [2.75, 3.05) is 12.4 Å². The number of benzene rings is 1. The average Bonchev–Trinajstić information content (AvgIpc) is 3.33. The summed E-state index contributed by atoms with van der Waals surface area (Å²) in [5, 5.41) is 5.02. The maximum absolute atomic E-state index is 13.0. The molecule has 0 spiro atoms. The van der Waals surface area contributed by atoms with Gasteiger partial charge in [-0.25, -0.2) is 8.42 Å². The molecule has 166 valence electrons. The minimum Gasteiger partial charge on any atom is -0.472 e. The summed E-state index contributed by atoms with van der Waals surface area (Å²) in [6.45, 7) is 2.99. The normalized spacial score (nSPS) is 22.1. The second-order valence-electron chi connectivity index (χ2n) is 7.65. The van der Waals surface area contributed by atoms with E-state index in [9.17, 15) is 22.8 Å². The Morgan fingerprint density at radius 2 is 1.94 bits per heavy atom. The van der Waals surface area contributed by atoms with Crippen LogP contribution in [-0.2, 0) is 29.9 Å². The molecule has 1 aliphatic heterocycles. The van der Waals surface area contributed by atoms with E-state index in [0.717, 1.165) is 0 Å². The van der Waals surface area contributed by atoms with E-state index >= 15 is 0 Å². The van der Waals surface area contributed by atoms with Gasteiger partial charge >= 0.3 is 0 Å². The van der Waals surface area contributed by atoms with Gasteiger partial charge in [0.2, 0.25) is 5.91 Å². The molecule has 3 rings (SSSR count). The van der Waals surface area contributed by atoms with Crippen molar-refractivity contribution >= 4 is 27.4 Å². The number of carbonyl (C=O) groups is 3. The van der Waals surface area contributed by atoms with Crippen molar-refractivity contribution < 1.29 is 32.0 Å². The van der Waals surface area contributed by atoms with Gasteiger partial charge in [0.25, 0.3) is 5.91 Å². The highest BCUT2D eigenvalue weighted by molar-refractivity contribution is 7.90. The summed E-state index contributed by atoms with van der Waals surface area (Å²) >= 11 is 0. The lowest BCUT2D eigenvalue weighted by molar-refractivity contribution is -0.130. The highest BCUT2D eigenvalue weighted by Gasteiger charge is 2.47. The molecule has 1 aliphatic rings. The Morgan fingerprint density at radius 1 is 1.23 bits per heavy atom. The average molecular weight is 448 g/mol. The number of amides is 2. The van der Waals surface area contributed by atoms with Crippen molar-refractivity contribution in [2.24, 2.45) is 0 Å². The molecule has 3 atom stereocenters. The molecule has 0 radical (unpaired) electrons. The van der Waals surface area contributed by atoms with Crippen LogP contribution >= 0.6 is 0 Å². The number of rotatable bonds is 8. The number of hydrogen-bond donors (Lipinski definition) is 2. The summed E-state index contributed by atoms with van der Waals surface area (Å²) in [4.78, 5) is 37.7. The molecule has 1 fully saturated rings. The third-order valence-electron chi connectivity index (χ3n) is 5.29. The van der Waals surface area contributed by atoms with E-state index in [1.807, 2.05) is 0 Å². The van der Waals surface area contributed by atoms with Gasteiger partial charge in [0, 0.05) is 0 Å². The molecule has 2 N–H and O–H groups in total. The standard InChI is InChI=1S/C21H24N2O7S/c1-14-21(2,18(24)11-30-14)23-20(26)17(22-19(25)16-8-9-29-10-16)13-31(27,28)12-15-6-4-3-5-7-15/h3-10,14,17H,11-13H2,1-2H3,(H,22,25)(H,23,26). The predicted octanol–water partition coefficient (Wildman–Crippen LogP) is 0.856. The Kier molecular flexibility index (Phi) is 6.61. The van der Waals surface area contributed by atoms with Crippen LogP contribution in [0.1, 0.15) is 29.8 Å². The molecule has 2 aromatic rings. The summed E-state index contributed by atoms with van der Waals surface area (Å²) in [7, 11) is -3.79. The van der Waals surface area contributed by atoms with Crippen LogP contribution in [-0.4, -0.2) is 56.1 Å². The molecule has 1 aromatic carbocycles. The first-order chi connectivity index (χ1) is 14.6. The minimum atomic E-state index is -3.79. The number of sulfone groups is 1. The van der Waals surface area contributed by atoms with Crippen LogP contribution in [0.15, 0.2) is 53.3 Å². The van der Waals surface area contributed by atoms with Crippen LogP contribution in [0.25, 0.3) is 0 Å². The Balaban J connectivity index is 1.81. The molecule has 31 heavy (non-hydrogen) atoms. The Morgan fingerprint density at radius 3 is 2.52 bits per heavy atom. The fraction of sp³-hybridized carbons (Fsp3) is 0.381. The van der Waals surface area contributed by atoms with E-state index in [0.29, 0.717) is 5.56 Å². The molecule has 2 amide bonds. The molecule has 0 aliphatic carbocycles. The molecule has 2 heterocycles. The van der Waals surface area contributed by atoms with Crippen molar-refractivity contribution in [1.29, 1.82) is 0 Å². The second-order valence-corrected chi connectivity index (χ2v) is 9.76. The molecule has 1 aromatic heterocycles. The van der Waals surface area contributed by atoms with Gasteiger partial charge in [-0.1, -0.05) is 30.3 Å². The highest BCUT2D eigenvalue weighted by atomic mass is 32.2. The Bertz CT molecular complexity index is 1050. The van der Waals surface area contributed by atoms with E-state index in [-0.39, 0.29) is 23.7 Å². The lowest BCUT2D eigenvalue weighted by atomic mass is 9.93. The number of ether oxygens (including phenoxy) is 1. The number of Topliss-reactive ketones (excluding diaryl/α,β-unsaturated/α-hetero) is 1. The van der Waals surface area contributed by atoms with E-state index in [2.05, 4.69) is 10.6 Å². The summed E-state index contributed by atoms with van der Waals surface area (Å²) < 4.78 is 35.7. The third-order valence-corrected chi connectivity index (χ3v) is 6.91. The maximum Gasteiger partial charge on any atom is 0.255 e. The van der Waals surface area contributed by atoms with Gasteiger partial charge < -0.3 is 19.8 Å². The molecule has 0 saturated carbocycles. The fourth-order valence-corrected chi connectivity index (χ4v) is 4.78. The largest absolute Gasteiger partial charge is 0.472 e. The molecule has 10 heteroatoms. The highest BCUT2D eigenvalue weighted by Crippen LogP contribution is 2.22. The van der Waals surface area contributed by atoms with Gasteiger partial charge in [0.1, 0.15) is 24.5 Å². The zero-order valence-corrected chi connectivity index (χ0v) is 18.0. The van der Waals surface area contributed by atoms with E-state index in [1.165, 1.54) is 25.5 Å². The number of carbonyl (C=O) groups excluding carboxylic acids is 3. The number of ketones is 1. The van der Waals surface area contributed by atoms with Gasteiger partial charge in [0.05, 0.1) is 29.4 Å². The van der Waals surface area contributed by atoms with Crippen LogP contribution < -0.4 is 10.6 Å². The Hall–Kier alpha value is -2.98. The first-order valence-electron chi connectivity index (χ1n) is 9.65. The van der Waals surface area contributed by atoms with E-state index in [1.54, 1.807) is 37.3 Å². The van der Waals surface area contributed by atoms with Crippen LogP contribution in [0, 0.1) is 0 Å². The van der Waals surface area contributed by atoms with Crippen molar-refractivity contribution in [3.63, 3.8) is 0 Å². The van der Waals surface area contributed by atoms with Crippen LogP contribution in [0.4, 0.5) is 0 Å². The first-order valence-corrected chi connectivity index (χ1v) is 11.5. The smallest absolute Gasteiger partial charge is 0.255 e. The maximum atomic E-state index is 13.0. The summed E-state index contributed by atoms with van der Waals surface area (Å²) in [6.07, 6.45) is 1.86. The van der Waals surface area contributed by atoms with E-state index < -0.39 is 45.1 Å². The zero-order chi connectivity index (χ0) is 22.6. The molecular formula is C21H24N2O7S. The van der Waals surface area contributed by atoms with Crippen LogP contribution in [0.5, 0.6) is 0 Å². The van der Waals surface area contributed by atoms with E-state index in [4.69, 9.17) is 9.15 Å². The van der Waals surface area contributed by atoms with Crippen molar-refractivity contribution in [3.05, 3.63) is 60.1 Å².